The molecule has 6 heteroatoms. The third-order valence-electron chi connectivity index (χ3n) is 5.14. The molecule has 0 radical (unpaired) electrons. The summed E-state index contributed by atoms with van der Waals surface area (Å²) in [5, 5.41) is 10.8. The monoisotopic (exact) mass is 360 g/mol. The van der Waals surface area contributed by atoms with E-state index in [2.05, 4.69) is 20.4 Å². The maximum absolute atomic E-state index is 13.1. The highest BCUT2D eigenvalue weighted by atomic mass is 16.5. The van der Waals surface area contributed by atoms with Gasteiger partial charge in [0.1, 0.15) is 6.23 Å². The SMILES string of the molecule is C=C1C[C@H]2[C@H](O)N(C)c3cc(OCCC(C)C)c(OC)cc3C(=O)N2C1. The Balaban J connectivity index is 1.99. The summed E-state index contributed by atoms with van der Waals surface area (Å²) in [7, 11) is 3.36. The molecule has 1 N–H and O–H groups in total. The highest BCUT2D eigenvalue weighted by molar-refractivity contribution is 6.02. The van der Waals surface area contributed by atoms with Gasteiger partial charge in [0.25, 0.3) is 5.91 Å². The fourth-order valence-corrected chi connectivity index (χ4v) is 3.56. The zero-order valence-corrected chi connectivity index (χ0v) is 16.0. The van der Waals surface area contributed by atoms with Crippen LogP contribution < -0.4 is 14.4 Å². The number of aliphatic hydroxyl groups is 1. The number of fused-ring (bicyclic) bond motifs is 2. The van der Waals surface area contributed by atoms with Gasteiger partial charge in [-0.3, -0.25) is 4.79 Å². The smallest absolute Gasteiger partial charge is 0.256 e. The molecule has 142 valence electrons. The number of methoxy groups -OCH3 is 1. The molecule has 6 nitrogen and oxygen atoms in total. The molecule has 3 rings (SSSR count). The lowest BCUT2D eigenvalue weighted by atomic mass is 10.1. The van der Waals surface area contributed by atoms with E-state index in [1.807, 2.05) is 0 Å². The number of likely N-dealkylation sites (N-methyl/N-ethyl adjacent to an activating group) is 1. The fourth-order valence-electron chi connectivity index (χ4n) is 3.56. The summed E-state index contributed by atoms with van der Waals surface area (Å²) in [6.45, 7) is 9.31. The van der Waals surface area contributed by atoms with Crippen molar-refractivity contribution in [1.82, 2.24) is 4.90 Å². The molecule has 2 aliphatic heterocycles. The topological polar surface area (TPSA) is 62.2 Å². The molecular weight excluding hydrogens is 332 g/mol. The van der Waals surface area contributed by atoms with Crippen LogP contribution in [-0.2, 0) is 0 Å². The van der Waals surface area contributed by atoms with Crippen molar-refractivity contribution >= 4 is 11.6 Å². The molecule has 0 aromatic heterocycles. The lowest BCUT2D eigenvalue weighted by Gasteiger charge is -2.30. The molecule has 0 spiro atoms. The van der Waals surface area contributed by atoms with E-state index in [-0.39, 0.29) is 11.9 Å². The maximum Gasteiger partial charge on any atom is 0.256 e. The van der Waals surface area contributed by atoms with Crippen molar-refractivity contribution in [2.24, 2.45) is 5.92 Å². The summed E-state index contributed by atoms with van der Waals surface area (Å²) in [4.78, 5) is 16.5. The number of aliphatic hydroxyl groups excluding tert-OH is 1. The number of carbonyl (C=O) groups is 1. The molecule has 1 saturated heterocycles. The molecule has 1 fully saturated rings. The Bertz CT molecular complexity index is 716. The van der Waals surface area contributed by atoms with Gasteiger partial charge in [-0.15, -0.1) is 0 Å². The van der Waals surface area contributed by atoms with Crippen LogP contribution in [0.2, 0.25) is 0 Å². The second-order valence-electron chi connectivity index (χ2n) is 7.53. The van der Waals surface area contributed by atoms with Crippen molar-refractivity contribution in [3.63, 3.8) is 0 Å². The van der Waals surface area contributed by atoms with E-state index < -0.39 is 6.23 Å². The van der Waals surface area contributed by atoms with Crippen molar-refractivity contribution in [2.45, 2.75) is 39.0 Å². The van der Waals surface area contributed by atoms with Crippen LogP contribution in [-0.4, -0.2) is 55.5 Å². The molecule has 1 aromatic rings. The number of hydrogen-bond donors (Lipinski definition) is 1. The third-order valence-corrected chi connectivity index (χ3v) is 5.14. The molecule has 2 aliphatic rings. The third kappa shape index (κ3) is 3.26. The number of anilines is 1. The molecule has 0 unspecified atom stereocenters. The van der Waals surface area contributed by atoms with Crippen LogP contribution >= 0.6 is 0 Å². The largest absolute Gasteiger partial charge is 0.493 e. The van der Waals surface area contributed by atoms with Crippen LogP contribution in [0, 0.1) is 5.92 Å². The molecule has 26 heavy (non-hydrogen) atoms. The molecule has 1 aromatic carbocycles. The summed E-state index contributed by atoms with van der Waals surface area (Å²) in [5.74, 6) is 1.54. The van der Waals surface area contributed by atoms with E-state index in [1.165, 1.54) is 0 Å². The maximum atomic E-state index is 13.1. The first-order valence-electron chi connectivity index (χ1n) is 9.06. The molecule has 2 atom stereocenters. The van der Waals surface area contributed by atoms with Crippen LogP contribution in [0.1, 0.15) is 37.0 Å². The van der Waals surface area contributed by atoms with Crippen molar-refractivity contribution in [1.29, 1.82) is 0 Å². The minimum atomic E-state index is -0.795. The van der Waals surface area contributed by atoms with E-state index in [0.717, 1.165) is 12.0 Å². The lowest BCUT2D eigenvalue weighted by Crippen LogP contribution is -2.47. The van der Waals surface area contributed by atoms with Gasteiger partial charge in [0.15, 0.2) is 11.5 Å². The van der Waals surface area contributed by atoms with Crippen LogP contribution in [0.4, 0.5) is 5.69 Å². The van der Waals surface area contributed by atoms with Gasteiger partial charge < -0.3 is 24.4 Å². The van der Waals surface area contributed by atoms with E-state index in [0.29, 0.717) is 48.2 Å². The number of hydrogen-bond acceptors (Lipinski definition) is 5. The predicted octanol–water partition coefficient (Wildman–Crippen LogP) is 2.66. The molecule has 2 heterocycles. The van der Waals surface area contributed by atoms with Crippen LogP contribution in [0.5, 0.6) is 11.5 Å². The van der Waals surface area contributed by atoms with Gasteiger partial charge in [0.05, 0.1) is 31.0 Å². The second-order valence-corrected chi connectivity index (χ2v) is 7.53. The first-order valence-corrected chi connectivity index (χ1v) is 9.06. The molecular formula is C20H28N2O4. The van der Waals surface area contributed by atoms with Gasteiger partial charge in [0.2, 0.25) is 0 Å². The number of carbonyl (C=O) groups excluding carboxylic acids is 1. The summed E-state index contributed by atoms with van der Waals surface area (Å²) >= 11 is 0. The van der Waals surface area contributed by atoms with Gasteiger partial charge in [-0.05, 0) is 24.8 Å². The van der Waals surface area contributed by atoms with Crippen LogP contribution in [0.3, 0.4) is 0 Å². The Hall–Kier alpha value is -2.21. The van der Waals surface area contributed by atoms with E-state index >= 15 is 0 Å². The van der Waals surface area contributed by atoms with E-state index in [1.54, 1.807) is 36.1 Å². The quantitative estimate of drug-likeness (QED) is 0.818. The van der Waals surface area contributed by atoms with E-state index in [9.17, 15) is 9.90 Å². The summed E-state index contributed by atoms with van der Waals surface area (Å²) in [6.07, 6.45) is 0.742. The molecule has 0 bridgehead atoms. The Morgan fingerprint density at radius 2 is 2.08 bits per heavy atom. The molecule has 1 amide bonds. The van der Waals surface area contributed by atoms with Crippen molar-refractivity contribution in [3.8, 4) is 11.5 Å². The van der Waals surface area contributed by atoms with Gasteiger partial charge in [-0.1, -0.05) is 26.0 Å². The first-order chi connectivity index (χ1) is 12.3. The van der Waals surface area contributed by atoms with Gasteiger partial charge in [0, 0.05) is 19.7 Å². The number of benzene rings is 1. The number of rotatable bonds is 5. The number of nitrogens with zero attached hydrogens (tertiary/aromatic N) is 2. The highest BCUT2D eigenvalue weighted by Crippen LogP contribution is 2.40. The number of ether oxygens (including phenoxy) is 2. The average molecular weight is 360 g/mol. The zero-order chi connectivity index (χ0) is 19.0. The summed E-state index contributed by atoms with van der Waals surface area (Å²) in [6, 6.07) is 3.23. The minimum Gasteiger partial charge on any atom is -0.493 e. The Kier molecular flexibility index (Phi) is 5.14. The fraction of sp³-hybridized carbons (Fsp3) is 0.550. The summed E-state index contributed by atoms with van der Waals surface area (Å²) < 4.78 is 11.4. The molecule has 0 aliphatic carbocycles. The second kappa shape index (κ2) is 7.19. The van der Waals surface area contributed by atoms with Gasteiger partial charge in [-0.25, -0.2) is 0 Å². The standard InChI is InChI=1S/C20H28N2O4/c1-12(2)6-7-26-18-10-15-14(9-17(18)25-5)19(23)22-11-13(3)8-16(22)20(24)21(15)4/h9-10,12,16,20,24H,3,6-8,11H2,1-2,4-5H3/t16-,20-/m0/s1. The van der Waals surface area contributed by atoms with Crippen molar-refractivity contribution in [3.05, 3.63) is 29.8 Å². The van der Waals surface area contributed by atoms with E-state index in [4.69, 9.17) is 9.47 Å². The van der Waals surface area contributed by atoms with Crippen LogP contribution in [0.25, 0.3) is 0 Å². The average Bonchev–Trinajstić information content (AvgIpc) is 2.98. The zero-order valence-electron chi connectivity index (χ0n) is 16.0. The number of amides is 1. The van der Waals surface area contributed by atoms with Gasteiger partial charge >= 0.3 is 0 Å². The van der Waals surface area contributed by atoms with Crippen molar-refractivity contribution in [2.75, 3.05) is 32.2 Å². The van der Waals surface area contributed by atoms with Crippen molar-refractivity contribution < 1.29 is 19.4 Å². The molecule has 0 saturated carbocycles. The van der Waals surface area contributed by atoms with Gasteiger partial charge in [-0.2, -0.15) is 0 Å². The Labute approximate surface area is 155 Å². The predicted molar refractivity (Wildman–Crippen MR) is 101 cm³/mol. The highest BCUT2D eigenvalue weighted by Gasteiger charge is 2.42. The Morgan fingerprint density at radius 1 is 1.35 bits per heavy atom. The van der Waals surface area contributed by atoms with Crippen LogP contribution in [0.15, 0.2) is 24.3 Å². The first kappa shape index (κ1) is 18.6. The Morgan fingerprint density at radius 3 is 2.73 bits per heavy atom. The normalized spacial score (nSPS) is 22.4. The summed E-state index contributed by atoms with van der Waals surface area (Å²) in [5.41, 5.74) is 2.12. The lowest BCUT2D eigenvalue weighted by molar-refractivity contribution is 0.0527. The minimum absolute atomic E-state index is 0.112.